The first-order valence-electron chi connectivity index (χ1n) is 9.76. The Kier molecular flexibility index (Phi) is 5.41. The van der Waals surface area contributed by atoms with Gasteiger partial charge in [-0.1, -0.05) is 17.7 Å². The van der Waals surface area contributed by atoms with Gasteiger partial charge in [0, 0.05) is 37.7 Å². The maximum Gasteiger partial charge on any atom is 0.288 e. The zero-order chi connectivity index (χ0) is 18.8. The Bertz CT molecular complexity index is 844. The lowest BCUT2D eigenvalue weighted by atomic mass is 9.95. The van der Waals surface area contributed by atoms with Crippen molar-refractivity contribution in [2.45, 2.75) is 39.3 Å². The fourth-order valence-electron chi connectivity index (χ4n) is 3.91. The van der Waals surface area contributed by atoms with Gasteiger partial charge in [0.2, 0.25) is 11.8 Å². The van der Waals surface area contributed by atoms with Crippen LogP contribution in [0.15, 0.2) is 28.7 Å². The lowest BCUT2D eigenvalue weighted by Gasteiger charge is -2.32. The number of hydrogen-bond donors (Lipinski definition) is 0. The maximum atomic E-state index is 12.6. The molecule has 2 aromatic rings. The van der Waals surface area contributed by atoms with Gasteiger partial charge in [0.15, 0.2) is 0 Å². The molecule has 7 heteroatoms. The summed E-state index contributed by atoms with van der Waals surface area (Å²) in [6.07, 6.45) is 4.12. The number of aryl methyl sites for hydroxylation is 1. The average molecular weight is 387 g/mol. The molecule has 2 saturated heterocycles. The minimum Gasteiger partial charge on any atom is -0.409 e. The zero-order valence-electron chi connectivity index (χ0n) is 15.8. The quantitative estimate of drug-likeness (QED) is 0.753. The van der Waals surface area contributed by atoms with Crippen LogP contribution in [0.5, 0.6) is 0 Å². The number of amides is 1. The molecule has 1 aromatic carbocycles. The van der Waals surface area contributed by atoms with Crippen molar-refractivity contribution in [2.75, 3.05) is 26.2 Å². The average Bonchev–Trinajstić information content (AvgIpc) is 3.33. The van der Waals surface area contributed by atoms with Crippen molar-refractivity contribution < 1.29 is 9.21 Å². The molecule has 1 aromatic heterocycles. The summed E-state index contributed by atoms with van der Waals surface area (Å²) in [6.45, 7) is 6.32. The molecule has 0 bridgehead atoms. The van der Waals surface area contributed by atoms with E-state index in [1.54, 1.807) is 4.68 Å². The van der Waals surface area contributed by atoms with Crippen LogP contribution in [-0.4, -0.2) is 51.7 Å². The number of carbonyl (C=O) groups excluding carboxylic acids is 1. The molecule has 1 amide bonds. The fourth-order valence-corrected chi connectivity index (χ4v) is 4.09. The van der Waals surface area contributed by atoms with Gasteiger partial charge in [0.05, 0.1) is 6.67 Å². The Balaban J connectivity index is 1.36. The number of likely N-dealkylation sites (tertiary alicyclic amines) is 2. The van der Waals surface area contributed by atoms with Gasteiger partial charge in [-0.3, -0.25) is 9.69 Å². The van der Waals surface area contributed by atoms with Crippen molar-refractivity contribution in [3.05, 3.63) is 34.7 Å². The minimum absolute atomic E-state index is 0.174. The molecule has 0 aliphatic carbocycles. The van der Waals surface area contributed by atoms with E-state index in [-0.39, 0.29) is 5.92 Å². The van der Waals surface area contributed by atoms with Crippen molar-refractivity contribution in [1.82, 2.24) is 19.6 Å². The van der Waals surface area contributed by atoms with Crippen LogP contribution in [0.3, 0.4) is 0 Å². The SMILES string of the molecule is Cc1ccc(-c2nn(CN3CCC(C(=O)N4CCCC4)CC3)c(=S)o2)cc1. The molecule has 2 aliphatic rings. The highest BCUT2D eigenvalue weighted by atomic mass is 32.1. The standard InChI is InChI=1S/C20H26N4O2S/c1-15-4-6-16(7-5-15)18-21-24(20(27)26-18)14-22-12-8-17(9-13-22)19(25)23-10-2-3-11-23/h4-7,17H,2-3,8-14H2,1H3. The van der Waals surface area contributed by atoms with Gasteiger partial charge in [-0.05, 0) is 57.0 Å². The number of rotatable bonds is 4. The van der Waals surface area contributed by atoms with Crippen LogP contribution in [-0.2, 0) is 11.5 Å². The van der Waals surface area contributed by atoms with E-state index in [1.165, 1.54) is 5.56 Å². The first-order chi connectivity index (χ1) is 13.1. The van der Waals surface area contributed by atoms with E-state index >= 15 is 0 Å². The topological polar surface area (TPSA) is 54.5 Å². The molecule has 0 unspecified atom stereocenters. The lowest BCUT2D eigenvalue weighted by molar-refractivity contribution is -0.136. The van der Waals surface area contributed by atoms with Crippen LogP contribution in [0.1, 0.15) is 31.2 Å². The Morgan fingerprint density at radius 3 is 2.48 bits per heavy atom. The normalized spacial score (nSPS) is 18.9. The van der Waals surface area contributed by atoms with E-state index in [2.05, 4.69) is 16.9 Å². The van der Waals surface area contributed by atoms with E-state index in [4.69, 9.17) is 16.6 Å². The summed E-state index contributed by atoms with van der Waals surface area (Å²) in [7, 11) is 0. The summed E-state index contributed by atoms with van der Waals surface area (Å²) in [5.74, 6) is 1.08. The largest absolute Gasteiger partial charge is 0.409 e. The highest BCUT2D eigenvalue weighted by Gasteiger charge is 2.30. The summed E-state index contributed by atoms with van der Waals surface area (Å²) in [4.78, 5) is 17.3. The van der Waals surface area contributed by atoms with E-state index in [0.29, 0.717) is 23.3 Å². The van der Waals surface area contributed by atoms with E-state index in [0.717, 1.165) is 57.4 Å². The summed E-state index contributed by atoms with van der Waals surface area (Å²) in [6, 6.07) is 8.07. The third kappa shape index (κ3) is 4.14. The smallest absolute Gasteiger partial charge is 0.288 e. The molecule has 0 radical (unpaired) electrons. The summed E-state index contributed by atoms with van der Waals surface area (Å²) in [5.41, 5.74) is 2.13. The van der Waals surface area contributed by atoms with Gasteiger partial charge >= 0.3 is 0 Å². The van der Waals surface area contributed by atoms with Crippen molar-refractivity contribution in [3.63, 3.8) is 0 Å². The number of piperidine rings is 1. The molecular formula is C20H26N4O2S. The van der Waals surface area contributed by atoms with Gasteiger partial charge in [-0.25, -0.2) is 4.68 Å². The Labute approximate surface area is 164 Å². The maximum absolute atomic E-state index is 12.6. The molecule has 27 heavy (non-hydrogen) atoms. The van der Waals surface area contributed by atoms with Crippen LogP contribution in [0, 0.1) is 17.7 Å². The molecule has 3 heterocycles. The Morgan fingerprint density at radius 1 is 1.15 bits per heavy atom. The van der Waals surface area contributed by atoms with Crippen LogP contribution in [0.4, 0.5) is 0 Å². The second-order valence-electron chi connectivity index (χ2n) is 7.60. The number of benzene rings is 1. The molecule has 144 valence electrons. The van der Waals surface area contributed by atoms with E-state index in [9.17, 15) is 4.79 Å². The molecular weight excluding hydrogens is 360 g/mol. The molecule has 4 rings (SSSR count). The van der Waals surface area contributed by atoms with Crippen LogP contribution in [0.25, 0.3) is 11.5 Å². The van der Waals surface area contributed by atoms with E-state index < -0.39 is 0 Å². The number of hydrogen-bond acceptors (Lipinski definition) is 5. The lowest BCUT2D eigenvalue weighted by Crippen LogP contribution is -2.42. The molecule has 0 atom stereocenters. The van der Waals surface area contributed by atoms with Gasteiger partial charge in [-0.15, -0.1) is 5.10 Å². The van der Waals surface area contributed by atoms with Crippen molar-refractivity contribution in [1.29, 1.82) is 0 Å². The fraction of sp³-hybridized carbons (Fsp3) is 0.550. The van der Waals surface area contributed by atoms with Crippen molar-refractivity contribution in [3.8, 4) is 11.5 Å². The predicted molar refractivity (Wildman–Crippen MR) is 106 cm³/mol. The molecule has 2 aliphatic heterocycles. The summed E-state index contributed by atoms with van der Waals surface area (Å²) >= 11 is 5.35. The van der Waals surface area contributed by atoms with Crippen molar-refractivity contribution >= 4 is 18.1 Å². The third-order valence-corrected chi connectivity index (χ3v) is 5.89. The third-order valence-electron chi connectivity index (χ3n) is 5.59. The van der Waals surface area contributed by atoms with Crippen LogP contribution in [0.2, 0.25) is 0 Å². The van der Waals surface area contributed by atoms with Gasteiger partial charge in [0.25, 0.3) is 4.84 Å². The molecule has 0 N–H and O–H groups in total. The highest BCUT2D eigenvalue weighted by Crippen LogP contribution is 2.23. The Morgan fingerprint density at radius 2 is 1.81 bits per heavy atom. The van der Waals surface area contributed by atoms with Gasteiger partial charge in [-0.2, -0.15) is 0 Å². The molecule has 0 saturated carbocycles. The number of nitrogens with zero attached hydrogens (tertiary/aromatic N) is 4. The Hall–Kier alpha value is -1.99. The highest BCUT2D eigenvalue weighted by molar-refractivity contribution is 7.71. The first-order valence-corrected chi connectivity index (χ1v) is 10.2. The van der Waals surface area contributed by atoms with Crippen molar-refractivity contribution in [2.24, 2.45) is 5.92 Å². The predicted octanol–water partition coefficient (Wildman–Crippen LogP) is 3.47. The summed E-state index contributed by atoms with van der Waals surface area (Å²) in [5, 5.41) is 4.55. The van der Waals surface area contributed by atoms with Gasteiger partial charge in [0.1, 0.15) is 0 Å². The monoisotopic (exact) mass is 386 g/mol. The van der Waals surface area contributed by atoms with Gasteiger partial charge < -0.3 is 9.32 Å². The molecule has 2 fully saturated rings. The second kappa shape index (κ2) is 7.94. The molecule has 0 spiro atoms. The second-order valence-corrected chi connectivity index (χ2v) is 7.95. The summed E-state index contributed by atoms with van der Waals surface area (Å²) < 4.78 is 7.43. The molecule has 6 nitrogen and oxygen atoms in total. The van der Waals surface area contributed by atoms with Crippen LogP contribution < -0.4 is 0 Å². The minimum atomic E-state index is 0.174. The first kappa shape index (κ1) is 18.4. The van der Waals surface area contributed by atoms with Crippen LogP contribution >= 0.6 is 12.2 Å². The number of carbonyl (C=O) groups is 1. The van der Waals surface area contributed by atoms with E-state index in [1.807, 2.05) is 29.2 Å². The number of aromatic nitrogens is 2. The zero-order valence-corrected chi connectivity index (χ0v) is 16.6.